The zero-order valence-electron chi connectivity index (χ0n) is 13.1. The Hall–Kier alpha value is -1.20. The maximum absolute atomic E-state index is 12.6. The second-order valence-corrected chi connectivity index (χ2v) is 6.48. The number of thioether (sulfide) groups is 1. The van der Waals surface area contributed by atoms with Crippen molar-refractivity contribution >= 4 is 23.4 Å². The molecule has 0 saturated carbocycles. The molecule has 1 aromatic carbocycles. The van der Waals surface area contributed by atoms with Gasteiger partial charge in [0.15, 0.2) is 0 Å². The van der Waals surface area contributed by atoms with E-state index in [1.165, 1.54) is 4.90 Å². The minimum absolute atomic E-state index is 0.102. The number of rotatable bonds is 4. The highest BCUT2D eigenvalue weighted by Crippen LogP contribution is 2.20. The topological polar surface area (TPSA) is 41.6 Å². The molecule has 1 heterocycles. The maximum atomic E-state index is 12.6. The van der Waals surface area contributed by atoms with Crippen LogP contribution in [0.4, 0.5) is 5.69 Å². The van der Waals surface area contributed by atoms with Crippen LogP contribution in [0, 0.1) is 0 Å². The van der Waals surface area contributed by atoms with Gasteiger partial charge >= 0.3 is 0 Å². The standard InChI is InChI=1S/C16H24N2O2S/c1-11-9-18(10-12(2)20-11)16(19)13(3)17-14-6-5-7-15(8-14)21-4/h5-8,11-13,17H,9-10H2,1-4H3/t11-,12+,13-/m1/s1. The first kappa shape index (κ1) is 16.2. The largest absolute Gasteiger partial charge is 0.374 e. The number of anilines is 1. The molecule has 0 radical (unpaired) electrons. The van der Waals surface area contributed by atoms with Gasteiger partial charge in [-0.3, -0.25) is 4.79 Å². The van der Waals surface area contributed by atoms with Crippen LogP contribution in [0.15, 0.2) is 29.2 Å². The first-order chi connectivity index (χ1) is 9.99. The van der Waals surface area contributed by atoms with Crippen LogP contribution in [-0.4, -0.2) is 48.4 Å². The number of carbonyl (C=O) groups excluding carboxylic acids is 1. The molecule has 1 aromatic rings. The molecule has 1 aliphatic heterocycles. The lowest BCUT2D eigenvalue weighted by molar-refractivity contribution is -0.143. The summed E-state index contributed by atoms with van der Waals surface area (Å²) in [6.45, 7) is 7.27. The van der Waals surface area contributed by atoms with Crippen LogP contribution in [-0.2, 0) is 9.53 Å². The summed E-state index contributed by atoms with van der Waals surface area (Å²) in [5.74, 6) is 0.131. The zero-order valence-corrected chi connectivity index (χ0v) is 13.9. The number of hydrogen-bond donors (Lipinski definition) is 1. The fourth-order valence-corrected chi connectivity index (χ4v) is 3.12. The van der Waals surface area contributed by atoms with Gasteiger partial charge in [0.25, 0.3) is 0 Å². The van der Waals surface area contributed by atoms with E-state index in [0.29, 0.717) is 13.1 Å². The highest BCUT2D eigenvalue weighted by Gasteiger charge is 2.28. The van der Waals surface area contributed by atoms with Crippen molar-refractivity contribution in [1.82, 2.24) is 4.90 Å². The Morgan fingerprint density at radius 3 is 2.67 bits per heavy atom. The molecule has 0 spiro atoms. The molecule has 0 aromatic heterocycles. The SMILES string of the molecule is CSc1cccc(N[C@H](C)C(=O)N2C[C@@H](C)O[C@@H](C)C2)c1. The molecule has 2 rings (SSSR count). The van der Waals surface area contributed by atoms with E-state index in [4.69, 9.17) is 4.74 Å². The van der Waals surface area contributed by atoms with Crippen LogP contribution in [0.5, 0.6) is 0 Å². The van der Waals surface area contributed by atoms with Gasteiger partial charge in [0.05, 0.1) is 12.2 Å². The summed E-state index contributed by atoms with van der Waals surface area (Å²) in [7, 11) is 0. The summed E-state index contributed by atoms with van der Waals surface area (Å²) in [5, 5.41) is 3.30. The van der Waals surface area contributed by atoms with Gasteiger partial charge in [-0.15, -0.1) is 11.8 Å². The summed E-state index contributed by atoms with van der Waals surface area (Å²) >= 11 is 1.70. The van der Waals surface area contributed by atoms with Crippen molar-refractivity contribution in [2.45, 2.75) is 43.9 Å². The lowest BCUT2D eigenvalue weighted by Crippen LogP contribution is -2.52. The summed E-state index contributed by atoms with van der Waals surface area (Å²) in [5.41, 5.74) is 0.983. The van der Waals surface area contributed by atoms with E-state index in [-0.39, 0.29) is 24.2 Å². The van der Waals surface area contributed by atoms with Crippen molar-refractivity contribution in [3.8, 4) is 0 Å². The third-order valence-electron chi connectivity index (χ3n) is 3.55. The van der Waals surface area contributed by atoms with Gasteiger partial charge in [-0.05, 0) is 45.2 Å². The van der Waals surface area contributed by atoms with E-state index in [9.17, 15) is 4.79 Å². The van der Waals surface area contributed by atoms with Crippen LogP contribution in [0.1, 0.15) is 20.8 Å². The lowest BCUT2D eigenvalue weighted by atomic mass is 10.2. The number of hydrogen-bond acceptors (Lipinski definition) is 4. The molecule has 21 heavy (non-hydrogen) atoms. The van der Waals surface area contributed by atoms with Crippen LogP contribution in [0.3, 0.4) is 0 Å². The Morgan fingerprint density at radius 2 is 2.05 bits per heavy atom. The molecular formula is C16H24N2O2S. The van der Waals surface area contributed by atoms with E-state index in [0.717, 1.165) is 5.69 Å². The molecule has 0 aliphatic carbocycles. The normalized spacial score (nSPS) is 23.7. The van der Waals surface area contributed by atoms with E-state index >= 15 is 0 Å². The fourth-order valence-electron chi connectivity index (χ4n) is 2.66. The Balaban J connectivity index is 1.98. The minimum Gasteiger partial charge on any atom is -0.374 e. The van der Waals surface area contributed by atoms with Gasteiger partial charge in [-0.25, -0.2) is 0 Å². The van der Waals surface area contributed by atoms with E-state index in [2.05, 4.69) is 17.4 Å². The van der Waals surface area contributed by atoms with Gasteiger partial charge in [0, 0.05) is 23.7 Å². The van der Waals surface area contributed by atoms with Gasteiger partial charge in [0.2, 0.25) is 5.91 Å². The minimum atomic E-state index is -0.236. The van der Waals surface area contributed by atoms with Crippen molar-refractivity contribution in [1.29, 1.82) is 0 Å². The first-order valence-electron chi connectivity index (χ1n) is 7.34. The van der Waals surface area contributed by atoms with E-state index in [1.54, 1.807) is 11.8 Å². The monoisotopic (exact) mass is 308 g/mol. The molecule has 0 unspecified atom stereocenters. The molecule has 1 amide bonds. The summed E-state index contributed by atoms with van der Waals surface area (Å²) in [4.78, 5) is 15.6. The fraction of sp³-hybridized carbons (Fsp3) is 0.562. The van der Waals surface area contributed by atoms with Crippen LogP contribution >= 0.6 is 11.8 Å². The second-order valence-electron chi connectivity index (χ2n) is 5.60. The summed E-state index contributed by atoms with van der Waals surface area (Å²) in [6, 6.07) is 7.89. The van der Waals surface area contributed by atoms with Crippen molar-refractivity contribution < 1.29 is 9.53 Å². The Kier molecular flexibility index (Phi) is 5.53. The van der Waals surface area contributed by atoms with Crippen molar-refractivity contribution in [2.75, 3.05) is 24.7 Å². The predicted molar refractivity (Wildman–Crippen MR) is 87.9 cm³/mol. The van der Waals surface area contributed by atoms with Crippen LogP contribution < -0.4 is 5.32 Å². The molecule has 5 heteroatoms. The summed E-state index contributed by atoms with van der Waals surface area (Å²) < 4.78 is 5.68. The Bertz CT molecular complexity index is 485. The Morgan fingerprint density at radius 1 is 1.38 bits per heavy atom. The molecule has 3 atom stereocenters. The number of benzene rings is 1. The van der Waals surface area contributed by atoms with Crippen molar-refractivity contribution in [3.05, 3.63) is 24.3 Å². The average molecular weight is 308 g/mol. The molecule has 1 saturated heterocycles. The number of amides is 1. The first-order valence-corrected chi connectivity index (χ1v) is 8.57. The van der Waals surface area contributed by atoms with Crippen molar-refractivity contribution in [3.63, 3.8) is 0 Å². The van der Waals surface area contributed by atoms with E-state index in [1.807, 2.05) is 44.1 Å². The van der Waals surface area contributed by atoms with Crippen LogP contribution in [0.25, 0.3) is 0 Å². The maximum Gasteiger partial charge on any atom is 0.244 e. The number of nitrogens with one attached hydrogen (secondary N) is 1. The number of ether oxygens (including phenoxy) is 1. The second kappa shape index (κ2) is 7.18. The lowest BCUT2D eigenvalue weighted by Gasteiger charge is -2.36. The molecule has 116 valence electrons. The van der Waals surface area contributed by atoms with Gasteiger partial charge in [0.1, 0.15) is 6.04 Å². The molecule has 1 fully saturated rings. The van der Waals surface area contributed by atoms with Gasteiger partial charge in [-0.1, -0.05) is 6.07 Å². The highest BCUT2D eigenvalue weighted by atomic mass is 32.2. The Labute approximate surface area is 131 Å². The molecule has 1 aliphatic rings. The molecule has 4 nitrogen and oxygen atoms in total. The van der Waals surface area contributed by atoms with Crippen molar-refractivity contribution in [2.24, 2.45) is 0 Å². The summed E-state index contributed by atoms with van der Waals surface area (Å²) in [6.07, 6.45) is 2.25. The van der Waals surface area contributed by atoms with Gasteiger partial charge < -0.3 is 15.0 Å². The zero-order chi connectivity index (χ0) is 15.4. The van der Waals surface area contributed by atoms with Gasteiger partial charge in [-0.2, -0.15) is 0 Å². The highest BCUT2D eigenvalue weighted by molar-refractivity contribution is 7.98. The molecule has 0 bridgehead atoms. The quantitative estimate of drug-likeness (QED) is 0.869. The van der Waals surface area contributed by atoms with Crippen LogP contribution in [0.2, 0.25) is 0 Å². The number of carbonyl (C=O) groups is 1. The molecule has 1 N–H and O–H groups in total. The van der Waals surface area contributed by atoms with E-state index < -0.39 is 0 Å². The molecular weight excluding hydrogens is 284 g/mol. The smallest absolute Gasteiger partial charge is 0.244 e. The average Bonchev–Trinajstić information content (AvgIpc) is 2.45. The number of morpholine rings is 1. The third-order valence-corrected chi connectivity index (χ3v) is 4.28. The third kappa shape index (κ3) is 4.38. The number of nitrogens with zero attached hydrogens (tertiary/aromatic N) is 1. The predicted octanol–water partition coefficient (Wildman–Crippen LogP) is 2.84.